The lowest BCUT2D eigenvalue weighted by atomic mass is 10.0. The van der Waals surface area contributed by atoms with E-state index >= 15 is 0 Å². The fraction of sp³-hybridized carbons (Fsp3) is 0.455. The zero-order valence-corrected chi connectivity index (χ0v) is 10.3. The minimum absolute atomic E-state index is 0.528. The molecule has 0 unspecified atom stereocenters. The van der Waals surface area contributed by atoms with E-state index in [2.05, 4.69) is 4.98 Å². The molecule has 1 heterocycles. The first-order chi connectivity index (χ1) is 7.55. The van der Waals surface area contributed by atoms with Crippen LogP contribution in [0.5, 0.6) is 0 Å². The standard InChI is InChI=1S/C11H16N2O2S/c1-3-11(4-2,10(14)15)16-9-5-6-13-7-8(9)12/h5-7H,3-4,12H2,1-2H3,(H,14,15). The lowest BCUT2D eigenvalue weighted by Gasteiger charge is -2.26. The van der Waals surface area contributed by atoms with Crippen LogP contribution in [0.3, 0.4) is 0 Å². The number of hydrogen-bond acceptors (Lipinski definition) is 4. The second-order valence-electron chi connectivity index (χ2n) is 3.52. The maximum Gasteiger partial charge on any atom is 0.320 e. The third-order valence-electron chi connectivity index (χ3n) is 2.65. The van der Waals surface area contributed by atoms with Gasteiger partial charge in [0.15, 0.2) is 0 Å². The van der Waals surface area contributed by atoms with Gasteiger partial charge in [0, 0.05) is 11.1 Å². The number of nitrogens with two attached hydrogens (primary N) is 1. The lowest BCUT2D eigenvalue weighted by molar-refractivity contribution is -0.140. The van der Waals surface area contributed by atoms with Crippen molar-refractivity contribution in [1.82, 2.24) is 4.98 Å². The molecule has 0 aromatic carbocycles. The Bertz CT molecular complexity index is 378. The first-order valence-electron chi connectivity index (χ1n) is 5.17. The van der Waals surface area contributed by atoms with Gasteiger partial charge in [0.1, 0.15) is 4.75 Å². The van der Waals surface area contributed by atoms with Gasteiger partial charge in [0.25, 0.3) is 0 Å². The highest BCUT2D eigenvalue weighted by atomic mass is 32.2. The monoisotopic (exact) mass is 240 g/mol. The molecule has 0 saturated carbocycles. The smallest absolute Gasteiger partial charge is 0.320 e. The fourth-order valence-electron chi connectivity index (χ4n) is 1.44. The van der Waals surface area contributed by atoms with Crippen LogP contribution in [-0.4, -0.2) is 20.8 Å². The SMILES string of the molecule is CCC(CC)(Sc1ccncc1N)C(=O)O. The molecule has 88 valence electrons. The summed E-state index contributed by atoms with van der Waals surface area (Å²) in [4.78, 5) is 16.0. The molecule has 3 N–H and O–H groups in total. The number of nitrogens with zero attached hydrogens (tertiary/aromatic N) is 1. The number of nitrogen functional groups attached to an aromatic ring is 1. The molecule has 5 heteroatoms. The van der Waals surface area contributed by atoms with Crippen LogP contribution in [0.15, 0.2) is 23.4 Å². The molecule has 1 aromatic rings. The predicted octanol–water partition coefficient (Wildman–Crippen LogP) is 2.40. The fourth-order valence-corrected chi connectivity index (χ4v) is 2.53. The van der Waals surface area contributed by atoms with Crippen LogP contribution < -0.4 is 5.73 Å². The Hall–Kier alpha value is -1.23. The van der Waals surface area contributed by atoms with Gasteiger partial charge in [0.2, 0.25) is 0 Å². The van der Waals surface area contributed by atoms with E-state index < -0.39 is 10.7 Å². The van der Waals surface area contributed by atoms with Crippen molar-refractivity contribution in [2.75, 3.05) is 5.73 Å². The van der Waals surface area contributed by atoms with Gasteiger partial charge in [0.05, 0.1) is 11.9 Å². The van der Waals surface area contributed by atoms with E-state index in [9.17, 15) is 9.90 Å². The molecular formula is C11H16N2O2S. The molecule has 0 radical (unpaired) electrons. The molecule has 0 fully saturated rings. The average molecular weight is 240 g/mol. The van der Waals surface area contributed by atoms with E-state index in [0.29, 0.717) is 18.5 Å². The zero-order chi connectivity index (χ0) is 12.2. The molecule has 1 rings (SSSR count). The van der Waals surface area contributed by atoms with Gasteiger partial charge in [-0.05, 0) is 18.9 Å². The number of carboxylic acid groups (broad SMARTS) is 1. The number of anilines is 1. The number of hydrogen-bond donors (Lipinski definition) is 2. The summed E-state index contributed by atoms with van der Waals surface area (Å²) in [5.74, 6) is -0.793. The molecule has 0 aliphatic heterocycles. The van der Waals surface area contributed by atoms with Gasteiger partial charge < -0.3 is 10.8 Å². The number of pyridine rings is 1. The Morgan fingerprint density at radius 1 is 1.56 bits per heavy atom. The first kappa shape index (κ1) is 12.8. The van der Waals surface area contributed by atoms with Gasteiger partial charge in [-0.1, -0.05) is 13.8 Å². The highest BCUT2D eigenvalue weighted by Gasteiger charge is 2.36. The van der Waals surface area contributed by atoms with Crippen molar-refractivity contribution in [3.8, 4) is 0 Å². The summed E-state index contributed by atoms with van der Waals surface area (Å²) in [5, 5.41) is 9.30. The predicted molar refractivity (Wildman–Crippen MR) is 65.5 cm³/mol. The Kier molecular flexibility index (Phi) is 4.18. The molecule has 0 spiro atoms. The molecular weight excluding hydrogens is 224 g/mol. The summed E-state index contributed by atoms with van der Waals surface area (Å²) in [6.07, 6.45) is 4.29. The van der Waals surface area contributed by atoms with Crippen molar-refractivity contribution in [2.24, 2.45) is 0 Å². The van der Waals surface area contributed by atoms with Crippen LogP contribution in [0, 0.1) is 0 Å². The van der Waals surface area contributed by atoms with Gasteiger partial charge in [-0.15, -0.1) is 11.8 Å². The number of rotatable bonds is 5. The number of aromatic nitrogens is 1. The van der Waals surface area contributed by atoms with Crippen molar-refractivity contribution in [1.29, 1.82) is 0 Å². The molecule has 0 saturated heterocycles. The Morgan fingerprint density at radius 3 is 2.62 bits per heavy atom. The minimum atomic E-state index is -0.796. The third-order valence-corrected chi connectivity index (χ3v) is 4.38. The molecule has 0 amide bonds. The first-order valence-corrected chi connectivity index (χ1v) is 5.99. The summed E-state index contributed by atoms with van der Waals surface area (Å²) in [7, 11) is 0. The molecule has 1 aromatic heterocycles. The molecule has 4 nitrogen and oxygen atoms in total. The number of aliphatic carboxylic acids is 1. The number of thioether (sulfide) groups is 1. The van der Waals surface area contributed by atoms with Crippen LogP contribution in [-0.2, 0) is 4.79 Å². The maximum absolute atomic E-state index is 11.3. The van der Waals surface area contributed by atoms with Gasteiger partial charge in [-0.3, -0.25) is 9.78 Å². The quantitative estimate of drug-likeness (QED) is 0.773. The lowest BCUT2D eigenvalue weighted by Crippen LogP contribution is -2.33. The van der Waals surface area contributed by atoms with Crippen molar-refractivity contribution in [3.63, 3.8) is 0 Å². The second kappa shape index (κ2) is 5.21. The summed E-state index contributed by atoms with van der Waals surface area (Å²) < 4.78 is -0.796. The van der Waals surface area contributed by atoms with Crippen LogP contribution in [0.25, 0.3) is 0 Å². The van der Waals surface area contributed by atoms with E-state index in [4.69, 9.17) is 5.73 Å². The number of carboxylic acids is 1. The van der Waals surface area contributed by atoms with Gasteiger partial charge in [-0.25, -0.2) is 0 Å². The molecule has 0 atom stereocenters. The Labute approximate surface area is 99.3 Å². The summed E-state index contributed by atoms with van der Waals surface area (Å²) in [6, 6.07) is 1.75. The highest BCUT2D eigenvalue weighted by Crippen LogP contribution is 2.40. The number of carbonyl (C=O) groups is 1. The van der Waals surface area contributed by atoms with Crippen LogP contribution >= 0.6 is 11.8 Å². The molecule has 0 aliphatic rings. The van der Waals surface area contributed by atoms with E-state index in [0.717, 1.165) is 4.90 Å². The Morgan fingerprint density at radius 2 is 2.19 bits per heavy atom. The van der Waals surface area contributed by atoms with Crippen LogP contribution in [0.4, 0.5) is 5.69 Å². The van der Waals surface area contributed by atoms with Gasteiger partial charge in [-0.2, -0.15) is 0 Å². The second-order valence-corrected chi connectivity index (χ2v) is 4.95. The third kappa shape index (κ3) is 2.47. The van der Waals surface area contributed by atoms with Crippen molar-refractivity contribution >= 4 is 23.4 Å². The zero-order valence-electron chi connectivity index (χ0n) is 9.43. The van der Waals surface area contributed by atoms with Crippen LogP contribution in [0.2, 0.25) is 0 Å². The van der Waals surface area contributed by atoms with Gasteiger partial charge >= 0.3 is 5.97 Å². The van der Waals surface area contributed by atoms with Crippen molar-refractivity contribution in [2.45, 2.75) is 36.3 Å². The molecule has 16 heavy (non-hydrogen) atoms. The average Bonchev–Trinajstić information content (AvgIpc) is 2.28. The molecule has 0 aliphatic carbocycles. The normalized spacial score (nSPS) is 11.4. The van der Waals surface area contributed by atoms with E-state index in [1.165, 1.54) is 11.8 Å². The minimum Gasteiger partial charge on any atom is -0.480 e. The molecule has 0 bridgehead atoms. The maximum atomic E-state index is 11.3. The van der Waals surface area contributed by atoms with Crippen molar-refractivity contribution < 1.29 is 9.90 Å². The van der Waals surface area contributed by atoms with E-state index in [-0.39, 0.29) is 0 Å². The van der Waals surface area contributed by atoms with E-state index in [1.54, 1.807) is 18.5 Å². The summed E-state index contributed by atoms with van der Waals surface area (Å²) in [5.41, 5.74) is 6.29. The highest BCUT2D eigenvalue weighted by molar-refractivity contribution is 8.01. The van der Waals surface area contributed by atoms with Crippen molar-refractivity contribution in [3.05, 3.63) is 18.5 Å². The Balaban J connectivity index is 3.01. The largest absolute Gasteiger partial charge is 0.480 e. The van der Waals surface area contributed by atoms with Crippen LogP contribution in [0.1, 0.15) is 26.7 Å². The van der Waals surface area contributed by atoms with E-state index in [1.807, 2.05) is 13.8 Å². The topological polar surface area (TPSA) is 76.2 Å². The summed E-state index contributed by atoms with van der Waals surface area (Å²) in [6.45, 7) is 3.75. The summed E-state index contributed by atoms with van der Waals surface area (Å²) >= 11 is 1.31.